The molecule has 1 aromatic carbocycles. The Bertz CT molecular complexity index is 3160. The number of aliphatic carboxylic acids is 1. The van der Waals surface area contributed by atoms with E-state index in [4.69, 9.17) is 39.2 Å². The minimum absolute atomic E-state index is 0.0128. The predicted octanol–water partition coefficient (Wildman–Crippen LogP) is -2.58. The number of amides is 14. The van der Waals surface area contributed by atoms with E-state index in [1.165, 1.54) is 87.4 Å². The van der Waals surface area contributed by atoms with Crippen molar-refractivity contribution in [1.29, 1.82) is 5.41 Å². The third kappa shape index (κ3) is 46.3. The maximum absolute atomic E-state index is 14.6. The van der Waals surface area contributed by atoms with Crippen molar-refractivity contribution < 1.29 is 92.3 Å². The average Bonchev–Trinajstić information content (AvgIpc) is 0.836. The molecule has 38 nitrogen and oxygen atoms in total. The quantitative estimate of drug-likeness (QED) is 0.0181. The highest BCUT2D eigenvalue weighted by atomic mass is 32.2. The number of carboxylic acids is 1. The van der Waals surface area contributed by atoms with Crippen molar-refractivity contribution in [3.63, 3.8) is 0 Å². The van der Waals surface area contributed by atoms with E-state index in [-0.39, 0.29) is 101 Å². The zero-order chi connectivity index (χ0) is 84.8. The van der Waals surface area contributed by atoms with Crippen LogP contribution >= 0.6 is 11.8 Å². The molecule has 1 aromatic rings. The SMILES string of the molecule is CCCCCCCCCCCCCCCC(=O)N[C@@H](CCSC)C(=O)NCC(=O)N[C@@H](Cc1ccc(O)cc1)C(=O)N[C@@H](CCC(N)=O)C(=O)N[C@@H](CCCCN)C(=O)N[C@@H](CCCCN)C(=O)N[C@@H](CC(C)C)C(=O)N[C@@H](CCCNC(=N)N)C(=O)NCC(=O)N[C@@H](CO)C(=O)N[C@H](C(=O)N[C@@H](CC(=O)O)C(N)=O)[C@@H](C)O. The Morgan fingerprint density at radius 3 is 1.31 bits per heavy atom. The Morgan fingerprint density at radius 1 is 0.451 bits per heavy atom. The highest BCUT2D eigenvalue weighted by Crippen LogP contribution is 2.17. The number of aliphatic hydroxyl groups is 2. The lowest BCUT2D eigenvalue weighted by Crippen LogP contribution is -2.61. The summed E-state index contributed by atoms with van der Waals surface area (Å²) in [6.07, 6.45) is 14.2. The number of carbonyl (C=O) groups excluding carboxylic acids is 14. The molecule has 0 heterocycles. The number of phenolic OH excluding ortho intramolecular Hbond substituents is 1. The lowest BCUT2D eigenvalue weighted by atomic mass is 10.0. The van der Waals surface area contributed by atoms with Crippen molar-refractivity contribution in [2.75, 3.05) is 51.3 Å². The van der Waals surface area contributed by atoms with Crippen molar-refractivity contribution in [3.05, 3.63) is 29.8 Å². The van der Waals surface area contributed by atoms with Crippen LogP contribution in [0, 0.1) is 11.3 Å². The fraction of sp³-hybridized carbons (Fsp3) is 0.703. The van der Waals surface area contributed by atoms with Crippen LogP contribution in [0.25, 0.3) is 0 Å². The van der Waals surface area contributed by atoms with E-state index < -0.39 is 194 Å². The van der Waals surface area contributed by atoms with Crippen LogP contribution in [0.3, 0.4) is 0 Å². The molecule has 0 saturated carbocycles. The highest BCUT2D eigenvalue weighted by molar-refractivity contribution is 7.98. The Kier molecular flexibility index (Phi) is 53.3. The maximum atomic E-state index is 14.6. The van der Waals surface area contributed by atoms with Gasteiger partial charge in [-0.3, -0.25) is 77.3 Å². The van der Waals surface area contributed by atoms with Crippen LogP contribution in [0.15, 0.2) is 24.3 Å². The summed E-state index contributed by atoms with van der Waals surface area (Å²) in [5.74, 6) is -15.1. The van der Waals surface area contributed by atoms with Crippen LogP contribution in [-0.2, 0) is 78.3 Å². The molecule has 0 bridgehead atoms. The van der Waals surface area contributed by atoms with Gasteiger partial charge in [-0.2, -0.15) is 11.8 Å². The van der Waals surface area contributed by atoms with Crippen molar-refractivity contribution in [2.24, 2.45) is 34.6 Å². The van der Waals surface area contributed by atoms with E-state index in [0.29, 0.717) is 30.6 Å². The van der Waals surface area contributed by atoms with Crippen molar-refractivity contribution in [1.82, 2.24) is 69.1 Å². The molecular formula is C74H129N19O19S. The first kappa shape index (κ1) is 102. The summed E-state index contributed by atoms with van der Waals surface area (Å²) in [6.45, 7) is 4.39. The summed E-state index contributed by atoms with van der Waals surface area (Å²) in [4.78, 5) is 202. The fourth-order valence-electron chi connectivity index (χ4n) is 11.7. The second kappa shape index (κ2) is 59.3. The van der Waals surface area contributed by atoms with Crippen LogP contribution in [-0.4, -0.2) is 233 Å². The number of carbonyl (C=O) groups is 15. The molecule has 28 N–H and O–H groups in total. The van der Waals surface area contributed by atoms with Gasteiger partial charge in [0.05, 0.1) is 32.2 Å². The molecule has 0 saturated heterocycles. The number of unbranched alkanes of at least 4 members (excludes halogenated alkanes) is 14. The van der Waals surface area contributed by atoms with Crippen LogP contribution in [0.5, 0.6) is 5.75 Å². The van der Waals surface area contributed by atoms with E-state index in [0.717, 1.165) is 32.6 Å². The Morgan fingerprint density at radius 2 is 0.867 bits per heavy atom. The number of thioether (sulfide) groups is 1. The molecule has 0 radical (unpaired) electrons. The lowest BCUT2D eigenvalue weighted by molar-refractivity contribution is -0.141. The number of hydrogen-bond donors (Lipinski definition) is 23. The van der Waals surface area contributed by atoms with Crippen LogP contribution in [0.2, 0.25) is 0 Å². The summed E-state index contributed by atoms with van der Waals surface area (Å²) in [6, 6.07) is -9.72. The summed E-state index contributed by atoms with van der Waals surface area (Å²) in [5, 5.41) is 79.3. The fourth-order valence-corrected chi connectivity index (χ4v) is 12.1. The Labute approximate surface area is 666 Å². The van der Waals surface area contributed by atoms with Gasteiger partial charge in [0.15, 0.2) is 5.96 Å². The van der Waals surface area contributed by atoms with Gasteiger partial charge < -0.3 is 118 Å². The third-order valence-electron chi connectivity index (χ3n) is 18.0. The van der Waals surface area contributed by atoms with Crippen molar-refractivity contribution in [3.8, 4) is 5.75 Å². The minimum Gasteiger partial charge on any atom is -0.508 e. The third-order valence-corrected chi connectivity index (χ3v) is 18.7. The summed E-state index contributed by atoms with van der Waals surface area (Å²) < 4.78 is 0. The smallest absolute Gasteiger partial charge is 0.305 e. The minimum atomic E-state index is -1.87. The summed E-state index contributed by atoms with van der Waals surface area (Å²) in [7, 11) is 0. The standard InChI is InChI=1S/C74H129N19O19S/c1-6-7-8-9-10-11-12-13-14-15-16-17-18-27-59(98)84-53(34-38-113-5)66(105)83-42-60(99)85-56(40-47-28-30-48(96)31-29-47)71(110)90-52(32-33-58(77)97)69(108)89-50(24-19-21-35-75)67(106)88-51(25-20-22-36-76)68(107)92-55(39-45(2)3)70(109)87-49(26-23-37-81-74(79)80)65(104)82-43-61(100)86-57(44-94)72(111)93-63(46(4)95)73(112)91-54(64(78)103)41-62(101)102/h28-31,45-46,49-57,63,94-96H,6-27,32-44,75-76H2,1-5H3,(H2,77,97)(H2,78,103)(H,82,104)(H,83,105)(H,84,98)(H,85,99)(H,86,100)(H,87,109)(H,88,106)(H,89,108)(H,90,110)(H,91,112)(H,92,107)(H,93,111)(H,101,102)(H4,79,80,81)/t46-,49+,50+,51+,52+,53+,54+,55+,56+,57+,63+/m1/s1. The molecule has 14 amide bonds. The van der Waals surface area contributed by atoms with Gasteiger partial charge in [0.25, 0.3) is 0 Å². The molecule has 0 spiro atoms. The molecule has 0 aromatic heterocycles. The highest BCUT2D eigenvalue weighted by Gasteiger charge is 2.37. The normalized spacial score (nSPS) is 14.0. The van der Waals surface area contributed by atoms with E-state index >= 15 is 0 Å². The number of benzene rings is 1. The van der Waals surface area contributed by atoms with Gasteiger partial charge in [-0.25, -0.2) is 0 Å². The van der Waals surface area contributed by atoms with Crippen LogP contribution in [0.4, 0.5) is 0 Å². The number of aliphatic hydroxyl groups excluding tert-OH is 2. The second-order valence-electron chi connectivity index (χ2n) is 28.4. The molecule has 640 valence electrons. The van der Waals surface area contributed by atoms with Gasteiger partial charge in [0.1, 0.15) is 66.2 Å². The number of nitrogens with two attached hydrogens (primary N) is 5. The van der Waals surface area contributed by atoms with Gasteiger partial charge in [0.2, 0.25) is 82.7 Å². The zero-order valence-electron chi connectivity index (χ0n) is 66.2. The largest absolute Gasteiger partial charge is 0.508 e. The lowest BCUT2D eigenvalue weighted by Gasteiger charge is -2.28. The number of nitrogens with one attached hydrogen (secondary N) is 14. The molecule has 0 fully saturated rings. The molecule has 0 aliphatic carbocycles. The molecule has 39 heteroatoms. The molecule has 0 unspecified atom stereocenters. The van der Waals surface area contributed by atoms with E-state index in [9.17, 15) is 87.2 Å². The molecule has 0 aliphatic rings. The van der Waals surface area contributed by atoms with Gasteiger partial charge >= 0.3 is 5.97 Å². The first-order valence-electron chi connectivity index (χ1n) is 39.1. The average molecular weight is 1620 g/mol. The second-order valence-corrected chi connectivity index (χ2v) is 29.4. The summed E-state index contributed by atoms with van der Waals surface area (Å²) in [5.41, 5.74) is 28.3. The van der Waals surface area contributed by atoms with Gasteiger partial charge in [0, 0.05) is 25.8 Å². The number of carboxylic acid groups (broad SMARTS) is 1. The zero-order valence-corrected chi connectivity index (χ0v) is 67.0. The topological polar surface area (TPSA) is 647 Å². The van der Waals surface area contributed by atoms with Crippen LogP contribution in [0.1, 0.15) is 207 Å². The molecule has 1 rings (SSSR count). The molecular weight excluding hydrogens is 1490 g/mol. The van der Waals surface area contributed by atoms with Gasteiger partial charge in [-0.15, -0.1) is 0 Å². The Balaban J connectivity index is 3.49. The molecule has 0 aliphatic heterocycles. The van der Waals surface area contributed by atoms with Gasteiger partial charge in [-0.05, 0) is 133 Å². The monoisotopic (exact) mass is 1620 g/mol. The number of guanidine groups is 1. The summed E-state index contributed by atoms with van der Waals surface area (Å²) >= 11 is 1.46. The first-order valence-corrected chi connectivity index (χ1v) is 40.5. The first-order chi connectivity index (χ1) is 53.7. The number of rotatable bonds is 64. The van der Waals surface area contributed by atoms with E-state index in [2.05, 4.69) is 70.7 Å². The number of aromatic hydroxyl groups is 1. The van der Waals surface area contributed by atoms with Crippen molar-refractivity contribution in [2.45, 2.75) is 274 Å². The number of primary amides is 2. The maximum Gasteiger partial charge on any atom is 0.305 e. The number of phenols is 1. The predicted molar refractivity (Wildman–Crippen MR) is 424 cm³/mol. The van der Waals surface area contributed by atoms with Gasteiger partial charge in [-0.1, -0.05) is 110 Å². The van der Waals surface area contributed by atoms with E-state index in [1.807, 2.05) is 11.6 Å². The Hall–Kier alpha value is -9.47. The molecule has 11 atom stereocenters. The van der Waals surface area contributed by atoms with Crippen molar-refractivity contribution >= 4 is 106 Å². The number of hydrogen-bond acceptors (Lipinski definition) is 22. The van der Waals surface area contributed by atoms with Crippen LogP contribution < -0.4 is 97.8 Å². The molecule has 113 heavy (non-hydrogen) atoms. The van der Waals surface area contributed by atoms with E-state index in [1.54, 1.807) is 13.8 Å².